The molecule has 0 spiro atoms. The van der Waals surface area contributed by atoms with Crippen LogP contribution in [0, 0.1) is 6.92 Å². The van der Waals surface area contributed by atoms with Gasteiger partial charge in [-0.15, -0.1) is 35.1 Å². The first-order valence-electron chi connectivity index (χ1n) is 7.72. The number of thiazole rings is 1. The summed E-state index contributed by atoms with van der Waals surface area (Å²) in [5.41, 5.74) is 1.06. The van der Waals surface area contributed by atoms with Crippen LogP contribution in [0.3, 0.4) is 0 Å². The lowest BCUT2D eigenvalue weighted by Crippen LogP contribution is -2.32. The molecule has 1 amide bonds. The Balaban J connectivity index is 0.00000192. The van der Waals surface area contributed by atoms with Gasteiger partial charge in [0.15, 0.2) is 0 Å². The highest BCUT2D eigenvalue weighted by molar-refractivity contribution is 7.16. The fraction of sp³-hybridized carbons (Fsp3) is 0.500. The first kappa shape index (κ1) is 18.4. The van der Waals surface area contributed by atoms with Crippen LogP contribution in [0.25, 0.3) is 10.6 Å². The summed E-state index contributed by atoms with van der Waals surface area (Å²) in [7, 11) is 0. The number of rotatable bonds is 6. The minimum atomic E-state index is 0. The van der Waals surface area contributed by atoms with Crippen LogP contribution < -0.4 is 10.6 Å². The maximum Gasteiger partial charge on any atom is 0.221 e. The van der Waals surface area contributed by atoms with Gasteiger partial charge in [0.25, 0.3) is 0 Å². The highest BCUT2D eigenvalue weighted by Gasteiger charge is 2.17. The van der Waals surface area contributed by atoms with Crippen molar-refractivity contribution in [2.75, 3.05) is 13.1 Å². The van der Waals surface area contributed by atoms with Crippen molar-refractivity contribution in [3.05, 3.63) is 27.4 Å². The van der Waals surface area contributed by atoms with Crippen molar-refractivity contribution in [3.63, 3.8) is 0 Å². The summed E-state index contributed by atoms with van der Waals surface area (Å²) >= 11 is 3.44. The summed E-state index contributed by atoms with van der Waals surface area (Å²) in [5, 5.41) is 9.57. The normalized spacial score (nSPS) is 17.0. The van der Waals surface area contributed by atoms with Gasteiger partial charge in [0.1, 0.15) is 0 Å². The van der Waals surface area contributed by atoms with Crippen molar-refractivity contribution in [1.82, 2.24) is 15.6 Å². The maximum absolute atomic E-state index is 11.9. The number of hydrogen-bond donors (Lipinski definition) is 2. The monoisotopic (exact) mass is 371 g/mol. The van der Waals surface area contributed by atoms with Crippen LogP contribution in [0.2, 0.25) is 0 Å². The van der Waals surface area contributed by atoms with E-state index in [0.717, 1.165) is 30.1 Å². The third-order valence-corrected chi connectivity index (χ3v) is 5.76. The predicted octanol–water partition coefficient (Wildman–Crippen LogP) is 3.40. The number of carbonyl (C=O) groups is 1. The Morgan fingerprint density at radius 3 is 3.04 bits per heavy atom. The molecule has 7 heteroatoms. The zero-order valence-corrected chi connectivity index (χ0v) is 15.6. The van der Waals surface area contributed by atoms with Gasteiger partial charge in [-0.1, -0.05) is 0 Å². The van der Waals surface area contributed by atoms with Crippen LogP contribution >= 0.6 is 35.1 Å². The van der Waals surface area contributed by atoms with Gasteiger partial charge in [0, 0.05) is 29.3 Å². The Bertz CT molecular complexity index is 635. The molecule has 4 nitrogen and oxygen atoms in total. The van der Waals surface area contributed by atoms with Crippen molar-refractivity contribution < 1.29 is 4.79 Å². The molecule has 0 radical (unpaired) electrons. The van der Waals surface area contributed by atoms with Crippen LogP contribution in [0.15, 0.2) is 17.5 Å². The number of thiophene rings is 1. The Morgan fingerprint density at radius 2 is 2.35 bits per heavy atom. The van der Waals surface area contributed by atoms with Gasteiger partial charge in [-0.2, -0.15) is 0 Å². The van der Waals surface area contributed by atoms with E-state index >= 15 is 0 Å². The lowest BCUT2D eigenvalue weighted by Gasteiger charge is -2.09. The van der Waals surface area contributed by atoms with Crippen molar-refractivity contribution >= 4 is 41.0 Å². The van der Waals surface area contributed by atoms with Crippen LogP contribution in [-0.4, -0.2) is 30.0 Å². The van der Waals surface area contributed by atoms with Gasteiger partial charge in [-0.05, 0) is 44.9 Å². The number of nitrogens with one attached hydrogen (secondary N) is 2. The molecule has 1 aliphatic rings. The van der Waals surface area contributed by atoms with Crippen molar-refractivity contribution in [2.45, 2.75) is 38.6 Å². The summed E-state index contributed by atoms with van der Waals surface area (Å²) in [6, 6.07) is 4.64. The molecule has 1 atom stereocenters. The molecule has 2 aromatic rings. The third-order valence-electron chi connectivity index (χ3n) is 3.82. The Morgan fingerprint density at radius 1 is 1.48 bits per heavy atom. The summed E-state index contributed by atoms with van der Waals surface area (Å²) < 4.78 is 0. The second-order valence-electron chi connectivity index (χ2n) is 5.62. The molecule has 1 fully saturated rings. The second kappa shape index (κ2) is 8.78. The SMILES string of the molecule is Cc1nc(-c2ccc(CCNC(=O)CC3CCCN3)s2)cs1.Cl. The average molecular weight is 372 g/mol. The van der Waals surface area contributed by atoms with Gasteiger partial charge in [0.2, 0.25) is 5.91 Å². The van der Waals surface area contributed by atoms with Crippen LogP contribution in [0.1, 0.15) is 29.1 Å². The predicted molar refractivity (Wildman–Crippen MR) is 99.8 cm³/mol. The summed E-state index contributed by atoms with van der Waals surface area (Å²) in [6.07, 6.45) is 3.80. The van der Waals surface area contributed by atoms with Crippen LogP contribution in [-0.2, 0) is 11.2 Å². The minimum Gasteiger partial charge on any atom is -0.356 e. The largest absolute Gasteiger partial charge is 0.356 e. The minimum absolute atomic E-state index is 0. The molecule has 0 aliphatic carbocycles. The van der Waals surface area contributed by atoms with E-state index in [1.807, 2.05) is 6.92 Å². The van der Waals surface area contributed by atoms with E-state index in [1.165, 1.54) is 16.2 Å². The highest BCUT2D eigenvalue weighted by Crippen LogP contribution is 2.29. The molecule has 0 bridgehead atoms. The number of amides is 1. The highest BCUT2D eigenvalue weighted by atomic mass is 35.5. The van der Waals surface area contributed by atoms with Gasteiger partial charge in [-0.3, -0.25) is 4.79 Å². The molecule has 3 rings (SSSR count). The molecule has 23 heavy (non-hydrogen) atoms. The average Bonchev–Trinajstić information content (AvgIpc) is 3.20. The molecule has 126 valence electrons. The molecular weight excluding hydrogens is 350 g/mol. The smallest absolute Gasteiger partial charge is 0.221 e. The first-order chi connectivity index (χ1) is 10.7. The summed E-state index contributed by atoms with van der Waals surface area (Å²) in [5.74, 6) is 0.159. The fourth-order valence-electron chi connectivity index (χ4n) is 2.68. The van der Waals surface area contributed by atoms with E-state index < -0.39 is 0 Å². The van der Waals surface area contributed by atoms with E-state index in [1.54, 1.807) is 22.7 Å². The molecule has 1 saturated heterocycles. The number of aryl methyl sites for hydroxylation is 1. The summed E-state index contributed by atoms with van der Waals surface area (Å²) in [6.45, 7) is 3.78. The molecule has 0 aromatic carbocycles. The first-order valence-corrected chi connectivity index (χ1v) is 9.41. The lowest BCUT2D eigenvalue weighted by molar-refractivity contribution is -0.121. The zero-order chi connectivity index (χ0) is 15.4. The van der Waals surface area contributed by atoms with Gasteiger partial charge in [0.05, 0.1) is 15.6 Å². The maximum atomic E-state index is 11.9. The molecule has 2 N–H and O–H groups in total. The van der Waals surface area contributed by atoms with E-state index in [0.29, 0.717) is 19.0 Å². The van der Waals surface area contributed by atoms with Crippen LogP contribution in [0.5, 0.6) is 0 Å². The lowest BCUT2D eigenvalue weighted by atomic mass is 10.1. The Hall–Kier alpha value is -0.950. The Kier molecular flexibility index (Phi) is 7.02. The fourth-order valence-corrected chi connectivity index (χ4v) is 4.33. The molecule has 1 unspecified atom stereocenters. The third kappa shape index (κ3) is 5.28. The number of hydrogen-bond acceptors (Lipinski definition) is 5. The van der Waals surface area contributed by atoms with Crippen molar-refractivity contribution in [1.29, 1.82) is 0 Å². The number of carbonyl (C=O) groups excluding carboxylic acids is 1. The number of halogens is 1. The number of aromatic nitrogens is 1. The van der Waals surface area contributed by atoms with E-state index in [2.05, 4.69) is 33.1 Å². The number of nitrogens with zero attached hydrogens (tertiary/aromatic N) is 1. The molecule has 2 aromatic heterocycles. The zero-order valence-electron chi connectivity index (χ0n) is 13.1. The molecule has 1 aliphatic heterocycles. The van der Waals surface area contributed by atoms with Crippen molar-refractivity contribution in [2.24, 2.45) is 0 Å². The summed E-state index contributed by atoms with van der Waals surface area (Å²) in [4.78, 5) is 18.9. The van der Waals surface area contributed by atoms with Crippen LogP contribution in [0.4, 0.5) is 0 Å². The topological polar surface area (TPSA) is 54.0 Å². The van der Waals surface area contributed by atoms with Gasteiger partial charge < -0.3 is 10.6 Å². The van der Waals surface area contributed by atoms with Gasteiger partial charge >= 0.3 is 0 Å². The van der Waals surface area contributed by atoms with E-state index in [9.17, 15) is 4.79 Å². The van der Waals surface area contributed by atoms with E-state index in [-0.39, 0.29) is 18.3 Å². The molecule has 0 saturated carbocycles. The Labute approximate surface area is 151 Å². The van der Waals surface area contributed by atoms with Crippen molar-refractivity contribution in [3.8, 4) is 10.6 Å². The van der Waals surface area contributed by atoms with E-state index in [4.69, 9.17) is 0 Å². The quantitative estimate of drug-likeness (QED) is 0.818. The molecule has 3 heterocycles. The second-order valence-corrected chi connectivity index (χ2v) is 7.85. The van der Waals surface area contributed by atoms with Gasteiger partial charge in [-0.25, -0.2) is 4.98 Å². The molecular formula is C16H22ClN3OS2. The standard InChI is InChI=1S/C16H21N3OS2.ClH/c1-11-19-14(10-21-11)15-5-4-13(22-15)6-8-18-16(20)9-12-3-2-7-17-12;/h4-5,10,12,17H,2-3,6-9H2,1H3,(H,18,20);1H.